The van der Waals surface area contributed by atoms with E-state index in [4.69, 9.17) is 0 Å². The average Bonchev–Trinajstić information content (AvgIpc) is 3.04. The topological polar surface area (TPSA) is 53.6 Å². The monoisotopic (exact) mass is 268 g/mol. The number of benzene rings is 1. The molecule has 1 fully saturated rings. The number of aromatic nitrogens is 2. The summed E-state index contributed by atoms with van der Waals surface area (Å²) in [7, 11) is 1.88. The van der Waals surface area contributed by atoms with Gasteiger partial charge in [0.1, 0.15) is 5.54 Å². The van der Waals surface area contributed by atoms with Crippen LogP contribution in [0.3, 0.4) is 0 Å². The first-order valence-electron chi connectivity index (χ1n) is 7.12. The Balaban J connectivity index is 2.00. The minimum Gasteiger partial charge on any atom is -0.327 e. The summed E-state index contributed by atoms with van der Waals surface area (Å²) in [6.07, 6.45) is 4.69. The van der Waals surface area contributed by atoms with Crippen molar-refractivity contribution in [3.8, 4) is 6.07 Å². The van der Waals surface area contributed by atoms with Crippen molar-refractivity contribution < 1.29 is 0 Å². The molecule has 0 saturated heterocycles. The maximum atomic E-state index is 9.39. The molecule has 104 valence electrons. The average molecular weight is 268 g/mol. The van der Waals surface area contributed by atoms with Crippen LogP contribution in [-0.4, -0.2) is 22.1 Å². The van der Waals surface area contributed by atoms with E-state index >= 15 is 0 Å². The summed E-state index contributed by atoms with van der Waals surface area (Å²) in [5.74, 6) is 0. The minimum atomic E-state index is -0.374. The highest BCUT2D eigenvalue weighted by Gasteiger charge is 2.39. The van der Waals surface area contributed by atoms with Crippen molar-refractivity contribution in [1.82, 2.24) is 14.9 Å². The van der Waals surface area contributed by atoms with Gasteiger partial charge in [0, 0.05) is 6.04 Å². The lowest BCUT2D eigenvalue weighted by Crippen LogP contribution is -2.38. The summed E-state index contributed by atoms with van der Waals surface area (Å²) in [4.78, 5) is 4.52. The molecule has 1 saturated carbocycles. The summed E-state index contributed by atoms with van der Waals surface area (Å²) in [5.41, 5.74) is 4.42. The molecule has 0 amide bonds. The van der Waals surface area contributed by atoms with Crippen LogP contribution in [0.1, 0.15) is 36.4 Å². The smallest absolute Gasteiger partial charge is 0.108 e. The van der Waals surface area contributed by atoms with E-state index in [1.165, 1.54) is 16.6 Å². The number of fused-ring (bicyclic) bond motifs is 1. The summed E-state index contributed by atoms with van der Waals surface area (Å²) in [6.45, 7) is 4.25. The van der Waals surface area contributed by atoms with E-state index in [2.05, 4.69) is 46.9 Å². The summed E-state index contributed by atoms with van der Waals surface area (Å²) in [6, 6.07) is 7.15. The maximum absolute atomic E-state index is 9.39. The van der Waals surface area contributed by atoms with Gasteiger partial charge in [0.05, 0.1) is 23.4 Å². The van der Waals surface area contributed by atoms with Crippen molar-refractivity contribution in [1.29, 1.82) is 5.26 Å². The first-order valence-corrected chi connectivity index (χ1v) is 7.12. The number of hydrogen-bond donors (Lipinski definition) is 1. The molecule has 1 heterocycles. The van der Waals surface area contributed by atoms with Gasteiger partial charge in [0.15, 0.2) is 0 Å². The SMILES string of the molecule is CNC1(C#N)CCC(n2cnc3cc(C)c(C)cc32)C1. The lowest BCUT2D eigenvalue weighted by molar-refractivity contribution is 0.432. The zero-order valence-corrected chi connectivity index (χ0v) is 12.3. The normalized spacial score (nSPS) is 26.0. The van der Waals surface area contributed by atoms with E-state index in [0.717, 1.165) is 24.8 Å². The molecule has 2 aromatic rings. The van der Waals surface area contributed by atoms with Crippen molar-refractivity contribution in [2.24, 2.45) is 0 Å². The van der Waals surface area contributed by atoms with E-state index in [1.54, 1.807) is 0 Å². The van der Waals surface area contributed by atoms with Crippen molar-refractivity contribution in [3.05, 3.63) is 29.6 Å². The molecule has 0 radical (unpaired) electrons. The molecule has 1 aliphatic rings. The third kappa shape index (κ3) is 1.90. The molecule has 1 aromatic heterocycles. The predicted octanol–water partition coefficient (Wildman–Crippen LogP) is 2.86. The van der Waals surface area contributed by atoms with Gasteiger partial charge in [-0.25, -0.2) is 4.98 Å². The molecular weight excluding hydrogens is 248 g/mol. The fraction of sp³-hybridized carbons (Fsp3) is 0.500. The molecule has 1 aromatic carbocycles. The Hall–Kier alpha value is -1.86. The molecule has 4 heteroatoms. The first kappa shape index (κ1) is 13.1. The standard InChI is InChI=1S/C16H20N4/c1-11-6-14-15(7-12(11)2)20(10-19-14)13-4-5-16(8-13,9-17)18-3/h6-7,10,13,18H,4-5,8H2,1-3H3. The lowest BCUT2D eigenvalue weighted by atomic mass is 10.00. The molecule has 2 atom stereocenters. The highest BCUT2D eigenvalue weighted by molar-refractivity contribution is 5.77. The largest absolute Gasteiger partial charge is 0.327 e. The molecule has 2 unspecified atom stereocenters. The van der Waals surface area contributed by atoms with Crippen molar-refractivity contribution in [2.45, 2.75) is 44.7 Å². The van der Waals surface area contributed by atoms with Gasteiger partial charge in [0.25, 0.3) is 0 Å². The molecular formula is C16H20N4. The second-order valence-electron chi connectivity index (χ2n) is 5.92. The quantitative estimate of drug-likeness (QED) is 0.911. The Kier molecular flexibility index (Phi) is 3.02. The molecule has 1 N–H and O–H groups in total. The molecule has 3 rings (SSSR count). The highest BCUT2D eigenvalue weighted by Crippen LogP contribution is 2.38. The fourth-order valence-electron chi connectivity index (χ4n) is 3.21. The van der Waals surface area contributed by atoms with Crippen molar-refractivity contribution in [2.75, 3.05) is 7.05 Å². The van der Waals surface area contributed by atoms with E-state index in [-0.39, 0.29) is 5.54 Å². The number of nitriles is 1. The maximum Gasteiger partial charge on any atom is 0.108 e. The number of aryl methyl sites for hydroxylation is 2. The summed E-state index contributed by atoms with van der Waals surface area (Å²) in [5, 5.41) is 12.6. The Morgan fingerprint density at radius 2 is 2.15 bits per heavy atom. The van der Waals surface area contributed by atoms with Gasteiger partial charge in [-0.15, -0.1) is 0 Å². The summed E-state index contributed by atoms with van der Waals surface area (Å²) >= 11 is 0. The van der Waals surface area contributed by atoms with Crippen LogP contribution in [0.2, 0.25) is 0 Å². The zero-order chi connectivity index (χ0) is 14.3. The van der Waals surface area contributed by atoms with Gasteiger partial charge in [-0.3, -0.25) is 0 Å². The van der Waals surface area contributed by atoms with Gasteiger partial charge < -0.3 is 9.88 Å². The lowest BCUT2D eigenvalue weighted by Gasteiger charge is -2.20. The van der Waals surface area contributed by atoms with Crippen LogP contribution in [-0.2, 0) is 0 Å². The Morgan fingerprint density at radius 1 is 1.40 bits per heavy atom. The van der Waals surface area contributed by atoms with E-state index < -0.39 is 0 Å². The fourth-order valence-corrected chi connectivity index (χ4v) is 3.21. The Morgan fingerprint density at radius 3 is 2.80 bits per heavy atom. The predicted molar refractivity (Wildman–Crippen MR) is 79.5 cm³/mol. The van der Waals surface area contributed by atoms with Gasteiger partial charge in [-0.2, -0.15) is 5.26 Å². The third-order valence-corrected chi connectivity index (χ3v) is 4.76. The first-order chi connectivity index (χ1) is 9.58. The molecule has 20 heavy (non-hydrogen) atoms. The van der Waals surface area contributed by atoms with E-state index in [1.807, 2.05) is 13.4 Å². The van der Waals surface area contributed by atoms with Crippen LogP contribution in [0.15, 0.2) is 18.5 Å². The van der Waals surface area contributed by atoms with Crippen molar-refractivity contribution >= 4 is 11.0 Å². The van der Waals surface area contributed by atoms with E-state index in [9.17, 15) is 5.26 Å². The van der Waals surface area contributed by atoms with E-state index in [0.29, 0.717) is 6.04 Å². The van der Waals surface area contributed by atoms with Gasteiger partial charge in [-0.05, 0) is 63.4 Å². The Bertz CT molecular complexity index is 694. The summed E-state index contributed by atoms with van der Waals surface area (Å²) < 4.78 is 2.25. The van der Waals surface area contributed by atoms with Crippen LogP contribution in [0.5, 0.6) is 0 Å². The van der Waals surface area contributed by atoms with Crippen LogP contribution in [0.4, 0.5) is 0 Å². The third-order valence-electron chi connectivity index (χ3n) is 4.76. The van der Waals surface area contributed by atoms with Crippen LogP contribution in [0.25, 0.3) is 11.0 Å². The Labute approximate surface area is 119 Å². The minimum absolute atomic E-state index is 0.356. The zero-order valence-electron chi connectivity index (χ0n) is 12.3. The van der Waals surface area contributed by atoms with Crippen LogP contribution < -0.4 is 5.32 Å². The number of hydrogen-bond acceptors (Lipinski definition) is 3. The van der Waals surface area contributed by atoms with Gasteiger partial charge in [0.2, 0.25) is 0 Å². The van der Waals surface area contributed by atoms with Crippen LogP contribution in [0, 0.1) is 25.2 Å². The molecule has 0 spiro atoms. The molecule has 0 aliphatic heterocycles. The van der Waals surface area contributed by atoms with Gasteiger partial charge in [-0.1, -0.05) is 0 Å². The van der Waals surface area contributed by atoms with Crippen LogP contribution >= 0.6 is 0 Å². The second kappa shape index (κ2) is 4.60. The number of nitrogens with zero attached hydrogens (tertiary/aromatic N) is 3. The number of imidazole rings is 1. The second-order valence-corrected chi connectivity index (χ2v) is 5.92. The van der Waals surface area contributed by atoms with Gasteiger partial charge >= 0.3 is 0 Å². The number of rotatable bonds is 2. The molecule has 0 bridgehead atoms. The number of nitrogens with one attached hydrogen (secondary N) is 1. The molecule has 4 nitrogen and oxygen atoms in total. The highest BCUT2D eigenvalue weighted by atomic mass is 15.1. The molecule has 1 aliphatic carbocycles. The van der Waals surface area contributed by atoms with Crippen molar-refractivity contribution in [3.63, 3.8) is 0 Å².